The van der Waals surface area contributed by atoms with Gasteiger partial charge in [-0.05, 0) is 35.4 Å². The van der Waals surface area contributed by atoms with Crippen LogP contribution in [0.15, 0.2) is 36.4 Å². The second-order valence-corrected chi connectivity index (χ2v) is 4.23. The van der Waals surface area contributed by atoms with Gasteiger partial charge in [-0.2, -0.15) is 0 Å². The Labute approximate surface area is 110 Å². The first-order valence-corrected chi connectivity index (χ1v) is 6.06. The third-order valence-electron chi connectivity index (χ3n) is 2.85. The Morgan fingerprint density at radius 3 is 2.00 bits per heavy atom. The topological polar surface area (TPSA) is 12.0 Å². The van der Waals surface area contributed by atoms with Gasteiger partial charge in [-0.1, -0.05) is 31.2 Å². The van der Waals surface area contributed by atoms with Gasteiger partial charge in [0.15, 0.2) is 17.5 Å². The molecule has 0 bridgehead atoms. The third-order valence-corrected chi connectivity index (χ3v) is 2.85. The van der Waals surface area contributed by atoms with Gasteiger partial charge in [-0.25, -0.2) is 13.2 Å². The minimum atomic E-state index is -1.44. The standard InChI is InChI=1S/C15H14F3N/c1-2-19-9-10-3-5-11(6-4-10)12-7-13(16)15(18)14(17)8-12/h3-8,19H,2,9H2,1H3. The fraction of sp³-hybridized carbons (Fsp3) is 0.200. The summed E-state index contributed by atoms with van der Waals surface area (Å²) in [5, 5.41) is 3.18. The highest BCUT2D eigenvalue weighted by Crippen LogP contribution is 2.24. The van der Waals surface area contributed by atoms with Crippen molar-refractivity contribution in [2.24, 2.45) is 0 Å². The zero-order valence-corrected chi connectivity index (χ0v) is 10.5. The molecule has 0 saturated carbocycles. The molecule has 0 aliphatic carbocycles. The quantitative estimate of drug-likeness (QED) is 0.827. The van der Waals surface area contributed by atoms with Crippen LogP contribution in [-0.2, 0) is 6.54 Å². The monoisotopic (exact) mass is 265 g/mol. The molecule has 0 atom stereocenters. The van der Waals surface area contributed by atoms with Gasteiger partial charge >= 0.3 is 0 Å². The largest absolute Gasteiger partial charge is 0.313 e. The Balaban J connectivity index is 2.27. The zero-order chi connectivity index (χ0) is 13.8. The predicted octanol–water partition coefficient (Wildman–Crippen LogP) is 3.88. The van der Waals surface area contributed by atoms with Crippen molar-refractivity contribution in [1.82, 2.24) is 5.32 Å². The Bertz CT molecular complexity index is 541. The van der Waals surface area contributed by atoms with E-state index in [0.717, 1.165) is 30.8 Å². The summed E-state index contributed by atoms with van der Waals surface area (Å²) < 4.78 is 39.2. The van der Waals surface area contributed by atoms with Crippen LogP contribution in [0.4, 0.5) is 13.2 Å². The maximum atomic E-state index is 13.1. The molecule has 2 aromatic carbocycles. The molecule has 0 unspecified atom stereocenters. The van der Waals surface area contributed by atoms with Gasteiger partial charge in [0.25, 0.3) is 0 Å². The fourth-order valence-corrected chi connectivity index (χ4v) is 1.81. The van der Waals surface area contributed by atoms with Crippen molar-refractivity contribution in [3.63, 3.8) is 0 Å². The summed E-state index contributed by atoms with van der Waals surface area (Å²) in [6.45, 7) is 3.62. The minimum Gasteiger partial charge on any atom is -0.313 e. The Morgan fingerprint density at radius 2 is 1.47 bits per heavy atom. The molecular weight excluding hydrogens is 251 g/mol. The molecule has 0 fully saturated rings. The summed E-state index contributed by atoms with van der Waals surface area (Å²) in [4.78, 5) is 0. The molecular formula is C15H14F3N. The van der Waals surface area contributed by atoms with Crippen LogP contribution in [0.25, 0.3) is 11.1 Å². The van der Waals surface area contributed by atoms with Crippen LogP contribution in [0.2, 0.25) is 0 Å². The molecule has 0 heterocycles. The SMILES string of the molecule is CCNCc1ccc(-c2cc(F)c(F)c(F)c2)cc1. The molecule has 19 heavy (non-hydrogen) atoms. The summed E-state index contributed by atoms with van der Waals surface area (Å²) in [7, 11) is 0. The highest BCUT2D eigenvalue weighted by Gasteiger charge is 2.11. The summed E-state index contributed by atoms with van der Waals surface area (Å²) in [5.41, 5.74) is 2.05. The summed E-state index contributed by atoms with van der Waals surface area (Å²) in [5.74, 6) is -3.79. The van der Waals surface area contributed by atoms with E-state index in [-0.39, 0.29) is 0 Å². The molecule has 0 aliphatic heterocycles. The first-order valence-electron chi connectivity index (χ1n) is 6.06. The molecule has 0 saturated heterocycles. The van der Waals surface area contributed by atoms with Crippen LogP contribution >= 0.6 is 0 Å². The van der Waals surface area contributed by atoms with Crippen molar-refractivity contribution in [2.45, 2.75) is 13.5 Å². The lowest BCUT2D eigenvalue weighted by atomic mass is 10.0. The van der Waals surface area contributed by atoms with E-state index in [1.54, 1.807) is 12.1 Å². The smallest absolute Gasteiger partial charge is 0.194 e. The van der Waals surface area contributed by atoms with Crippen LogP contribution < -0.4 is 5.32 Å². The van der Waals surface area contributed by atoms with E-state index in [1.807, 2.05) is 19.1 Å². The molecule has 4 heteroatoms. The number of nitrogens with one attached hydrogen (secondary N) is 1. The normalized spacial score (nSPS) is 10.7. The van der Waals surface area contributed by atoms with Gasteiger partial charge in [0.1, 0.15) is 0 Å². The van der Waals surface area contributed by atoms with Crippen LogP contribution in [0, 0.1) is 17.5 Å². The maximum absolute atomic E-state index is 13.1. The number of benzene rings is 2. The summed E-state index contributed by atoms with van der Waals surface area (Å²) >= 11 is 0. The van der Waals surface area contributed by atoms with Gasteiger partial charge in [-0.3, -0.25) is 0 Å². The Hall–Kier alpha value is -1.81. The first kappa shape index (κ1) is 13.6. The van der Waals surface area contributed by atoms with Crippen LogP contribution in [0.5, 0.6) is 0 Å². The van der Waals surface area contributed by atoms with Gasteiger partial charge in [-0.15, -0.1) is 0 Å². The Kier molecular flexibility index (Phi) is 4.22. The maximum Gasteiger partial charge on any atom is 0.194 e. The third kappa shape index (κ3) is 3.15. The molecule has 1 N–H and O–H groups in total. The van der Waals surface area contributed by atoms with Gasteiger partial charge < -0.3 is 5.32 Å². The lowest BCUT2D eigenvalue weighted by Crippen LogP contribution is -2.11. The van der Waals surface area contributed by atoms with Gasteiger partial charge in [0, 0.05) is 6.54 Å². The van der Waals surface area contributed by atoms with E-state index in [1.165, 1.54) is 0 Å². The van der Waals surface area contributed by atoms with E-state index in [2.05, 4.69) is 5.32 Å². The van der Waals surface area contributed by atoms with E-state index in [0.29, 0.717) is 11.1 Å². The van der Waals surface area contributed by atoms with E-state index < -0.39 is 17.5 Å². The molecule has 0 aliphatic rings. The van der Waals surface area contributed by atoms with E-state index in [9.17, 15) is 13.2 Å². The molecule has 2 aromatic rings. The average Bonchev–Trinajstić information content (AvgIpc) is 2.42. The molecule has 0 aromatic heterocycles. The van der Waals surface area contributed by atoms with Crippen molar-refractivity contribution in [3.05, 3.63) is 59.4 Å². The Morgan fingerprint density at radius 1 is 0.895 bits per heavy atom. The van der Waals surface area contributed by atoms with Crippen molar-refractivity contribution in [3.8, 4) is 11.1 Å². The molecule has 0 spiro atoms. The molecule has 100 valence electrons. The highest BCUT2D eigenvalue weighted by molar-refractivity contribution is 5.63. The van der Waals surface area contributed by atoms with Crippen molar-refractivity contribution < 1.29 is 13.2 Å². The first-order chi connectivity index (χ1) is 9.11. The van der Waals surface area contributed by atoms with Crippen molar-refractivity contribution >= 4 is 0 Å². The minimum absolute atomic E-state index is 0.325. The van der Waals surface area contributed by atoms with Crippen molar-refractivity contribution in [2.75, 3.05) is 6.54 Å². The van der Waals surface area contributed by atoms with Crippen molar-refractivity contribution in [1.29, 1.82) is 0 Å². The highest BCUT2D eigenvalue weighted by atomic mass is 19.2. The second-order valence-electron chi connectivity index (χ2n) is 4.23. The van der Waals surface area contributed by atoms with Gasteiger partial charge in [0.2, 0.25) is 0 Å². The van der Waals surface area contributed by atoms with Crippen LogP contribution in [0.3, 0.4) is 0 Å². The predicted molar refractivity (Wildman–Crippen MR) is 69.1 cm³/mol. The van der Waals surface area contributed by atoms with E-state index >= 15 is 0 Å². The van der Waals surface area contributed by atoms with Crippen LogP contribution in [0.1, 0.15) is 12.5 Å². The lowest BCUT2D eigenvalue weighted by Gasteiger charge is -2.06. The molecule has 2 rings (SSSR count). The van der Waals surface area contributed by atoms with Gasteiger partial charge in [0.05, 0.1) is 0 Å². The molecule has 0 radical (unpaired) electrons. The summed E-state index contributed by atoms with van der Waals surface area (Å²) in [6.07, 6.45) is 0. The molecule has 0 amide bonds. The average molecular weight is 265 g/mol. The summed E-state index contributed by atoms with van der Waals surface area (Å²) in [6, 6.07) is 9.27. The number of halogens is 3. The number of rotatable bonds is 4. The second kappa shape index (κ2) is 5.89. The number of hydrogen-bond acceptors (Lipinski definition) is 1. The zero-order valence-electron chi connectivity index (χ0n) is 10.5. The fourth-order valence-electron chi connectivity index (χ4n) is 1.81. The number of hydrogen-bond donors (Lipinski definition) is 1. The van der Waals surface area contributed by atoms with Crippen LogP contribution in [-0.4, -0.2) is 6.54 Å². The molecule has 1 nitrogen and oxygen atoms in total. The van der Waals surface area contributed by atoms with E-state index in [4.69, 9.17) is 0 Å². The lowest BCUT2D eigenvalue weighted by molar-refractivity contribution is 0.448.